The summed E-state index contributed by atoms with van der Waals surface area (Å²) < 4.78 is 42.7. The highest BCUT2D eigenvalue weighted by molar-refractivity contribution is 7.12. The second-order valence-corrected chi connectivity index (χ2v) is 7.12. The Kier molecular flexibility index (Phi) is 6.71. The zero-order valence-corrected chi connectivity index (χ0v) is 16.5. The van der Waals surface area contributed by atoms with Crippen LogP contribution in [-0.4, -0.2) is 24.4 Å². The van der Waals surface area contributed by atoms with Crippen LogP contribution in [0.1, 0.15) is 25.6 Å². The Hall–Kier alpha value is -3.66. The number of thiophene rings is 1. The van der Waals surface area contributed by atoms with E-state index in [1.165, 1.54) is 23.5 Å². The van der Waals surface area contributed by atoms with Crippen LogP contribution in [0.4, 0.5) is 24.5 Å². The first-order chi connectivity index (χ1) is 14.7. The molecule has 0 saturated carbocycles. The van der Waals surface area contributed by atoms with Crippen molar-refractivity contribution in [3.63, 3.8) is 0 Å². The summed E-state index contributed by atoms with van der Waals surface area (Å²) in [6, 6.07) is 13.3. The minimum absolute atomic E-state index is 0.0507. The Morgan fingerprint density at radius 3 is 2.26 bits per heavy atom. The summed E-state index contributed by atoms with van der Waals surface area (Å²) in [5.74, 6) is -1.96. The van der Waals surface area contributed by atoms with Gasteiger partial charge in [-0.05, 0) is 47.8 Å². The predicted molar refractivity (Wildman–Crippen MR) is 109 cm³/mol. The molecule has 0 saturated heterocycles. The lowest BCUT2D eigenvalue weighted by Gasteiger charge is -2.11. The molecule has 3 aromatic rings. The quantitative estimate of drug-likeness (QED) is 0.530. The van der Waals surface area contributed by atoms with Gasteiger partial charge in [0.25, 0.3) is 11.8 Å². The Morgan fingerprint density at radius 1 is 0.903 bits per heavy atom. The molecule has 1 heterocycles. The molecule has 0 fully saturated rings. The summed E-state index contributed by atoms with van der Waals surface area (Å²) in [4.78, 5) is 37.0. The molecular weight excluding hydrogens is 433 g/mol. The lowest BCUT2D eigenvalue weighted by molar-refractivity contribution is -0.137. The number of anilines is 2. The number of halogens is 3. The highest BCUT2D eigenvalue weighted by atomic mass is 32.1. The Bertz CT molecular complexity index is 1080. The van der Waals surface area contributed by atoms with Crippen molar-refractivity contribution in [2.45, 2.75) is 6.18 Å². The zero-order chi connectivity index (χ0) is 22.4. The van der Waals surface area contributed by atoms with E-state index in [0.29, 0.717) is 4.88 Å². The lowest BCUT2D eigenvalue weighted by Crippen LogP contribution is -2.22. The second kappa shape index (κ2) is 9.43. The van der Waals surface area contributed by atoms with Gasteiger partial charge in [-0.25, -0.2) is 4.79 Å². The van der Waals surface area contributed by atoms with Gasteiger partial charge in [0.15, 0.2) is 6.61 Å². The summed E-state index contributed by atoms with van der Waals surface area (Å²) in [5.41, 5.74) is -0.459. The van der Waals surface area contributed by atoms with Crippen molar-refractivity contribution < 1.29 is 32.3 Å². The normalized spacial score (nSPS) is 10.9. The summed E-state index contributed by atoms with van der Waals surface area (Å²) in [5, 5.41) is 6.70. The number of carbonyl (C=O) groups is 3. The van der Waals surface area contributed by atoms with Crippen molar-refractivity contribution >= 4 is 40.5 Å². The fourth-order valence-corrected chi connectivity index (χ4v) is 3.13. The van der Waals surface area contributed by atoms with Gasteiger partial charge in [0.1, 0.15) is 0 Å². The molecular formula is C21H15F3N2O4S. The Balaban J connectivity index is 1.58. The molecule has 1 aromatic heterocycles. The summed E-state index contributed by atoms with van der Waals surface area (Å²) in [7, 11) is 0. The second-order valence-electron chi connectivity index (χ2n) is 6.18. The third-order valence-electron chi connectivity index (χ3n) is 3.97. The standard InChI is InChI=1S/C21H15F3N2O4S/c22-21(23,24)13-7-9-14(10-8-13)25-18(27)12-30-20(29)15-4-1-2-5-16(15)26-19(28)17-6-3-11-31-17/h1-11H,12H2,(H,25,27)(H,26,28). The van der Waals surface area contributed by atoms with Gasteiger partial charge >= 0.3 is 12.1 Å². The van der Waals surface area contributed by atoms with Gasteiger partial charge in [-0.1, -0.05) is 18.2 Å². The fourth-order valence-electron chi connectivity index (χ4n) is 2.51. The summed E-state index contributed by atoms with van der Waals surface area (Å²) in [6.45, 7) is -0.660. The molecule has 0 aliphatic heterocycles. The first-order valence-corrected chi connectivity index (χ1v) is 9.70. The molecule has 0 aliphatic carbocycles. The molecule has 6 nitrogen and oxygen atoms in total. The van der Waals surface area contributed by atoms with E-state index in [4.69, 9.17) is 4.74 Å². The van der Waals surface area contributed by atoms with Crippen LogP contribution in [0.2, 0.25) is 0 Å². The van der Waals surface area contributed by atoms with E-state index in [0.717, 1.165) is 24.3 Å². The summed E-state index contributed by atoms with van der Waals surface area (Å²) >= 11 is 1.24. The van der Waals surface area contributed by atoms with E-state index in [1.807, 2.05) is 0 Å². The van der Waals surface area contributed by atoms with Gasteiger partial charge in [-0.2, -0.15) is 13.2 Å². The van der Waals surface area contributed by atoms with Crippen molar-refractivity contribution in [3.05, 3.63) is 82.0 Å². The van der Waals surface area contributed by atoms with Crippen molar-refractivity contribution in [3.8, 4) is 0 Å². The Labute approximate surface area is 178 Å². The number of hydrogen-bond acceptors (Lipinski definition) is 5. The first-order valence-electron chi connectivity index (χ1n) is 8.82. The van der Waals surface area contributed by atoms with Gasteiger partial charge in [0, 0.05) is 5.69 Å². The number of hydrogen-bond donors (Lipinski definition) is 2. The number of para-hydroxylation sites is 1. The number of esters is 1. The van der Waals surface area contributed by atoms with Crippen LogP contribution >= 0.6 is 11.3 Å². The van der Waals surface area contributed by atoms with Crippen molar-refractivity contribution in [1.29, 1.82) is 0 Å². The van der Waals surface area contributed by atoms with Gasteiger partial charge in [0.05, 0.1) is 21.7 Å². The molecule has 0 aliphatic rings. The molecule has 0 atom stereocenters. The monoisotopic (exact) mass is 448 g/mol. The van der Waals surface area contributed by atoms with Crippen LogP contribution < -0.4 is 10.6 Å². The number of carbonyl (C=O) groups excluding carboxylic acids is 3. The predicted octanol–water partition coefficient (Wildman–Crippen LogP) is 4.81. The maximum Gasteiger partial charge on any atom is 0.416 e. The van der Waals surface area contributed by atoms with Crippen LogP contribution in [0.15, 0.2) is 66.0 Å². The topological polar surface area (TPSA) is 84.5 Å². The van der Waals surface area contributed by atoms with E-state index < -0.39 is 36.1 Å². The van der Waals surface area contributed by atoms with Crippen LogP contribution in [0, 0.1) is 0 Å². The maximum absolute atomic E-state index is 12.6. The Morgan fingerprint density at radius 2 is 1.61 bits per heavy atom. The van der Waals surface area contributed by atoms with Gasteiger partial charge < -0.3 is 15.4 Å². The molecule has 0 unspecified atom stereocenters. The highest BCUT2D eigenvalue weighted by Gasteiger charge is 2.30. The minimum Gasteiger partial charge on any atom is -0.452 e. The molecule has 2 N–H and O–H groups in total. The number of rotatable bonds is 6. The molecule has 0 radical (unpaired) electrons. The molecule has 3 rings (SSSR count). The molecule has 0 bridgehead atoms. The average Bonchev–Trinajstić information content (AvgIpc) is 3.27. The average molecular weight is 448 g/mol. The van der Waals surface area contributed by atoms with Crippen LogP contribution in [0.5, 0.6) is 0 Å². The van der Waals surface area contributed by atoms with Gasteiger partial charge in [-0.15, -0.1) is 11.3 Å². The fraction of sp³-hybridized carbons (Fsp3) is 0.0952. The molecule has 10 heteroatoms. The molecule has 31 heavy (non-hydrogen) atoms. The van der Waals surface area contributed by atoms with Crippen LogP contribution in [0.3, 0.4) is 0 Å². The summed E-state index contributed by atoms with van der Waals surface area (Å²) in [6.07, 6.45) is -4.48. The minimum atomic E-state index is -4.48. The maximum atomic E-state index is 12.6. The van der Waals surface area contributed by atoms with Crippen molar-refractivity contribution in [2.75, 3.05) is 17.2 Å². The number of ether oxygens (including phenoxy) is 1. The van der Waals surface area contributed by atoms with E-state index in [-0.39, 0.29) is 16.9 Å². The van der Waals surface area contributed by atoms with Crippen LogP contribution in [-0.2, 0) is 15.7 Å². The van der Waals surface area contributed by atoms with E-state index in [1.54, 1.807) is 29.6 Å². The zero-order valence-electron chi connectivity index (χ0n) is 15.7. The molecule has 0 spiro atoms. The first kappa shape index (κ1) is 22.0. The third-order valence-corrected chi connectivity index (χ3v) is 4.84. The van der Waals surface area contributed by atoms with E-state index in [9.17, 15) is 27.6 Å². The number of alkyl halides is 3. The lowest BCUT2D eigenvalue weighted by atomic mass is 10.1. The van der Waals surface area contributed by atoms with Crippen LogP contribution in [0.25, 0.3) is 0 Å². The van der Waals surface area contributed by atoms with E-state index in [2.05, 4.69) is 10.6 Å². The largest absolute Gasteiger partial charge is 0.452 e. The molecule has 160 valence electrons. The van der Waals surface area contributed by atoms with Crippen molar-refractivity contribution in [1.82, 2.24) is 0 Å². The van der Waals surface area contributed by atoms with Gasteiger partial charge in [0.2, 0.25) is 0 Å². The smallest absolute Gasteiger partial charge is 0.416 e. The molecule has 2 aromatic carbocycles. The number of benzene rings is 2. The SMILES string of the molecule is O=C(COC(=O)c1ccccc1NC(=O)c1cccs1)Nc1ccc(C(F)(F)F)cc1. The van der Waals surface area contributed by atoms with E-state index >= 15 is 0 Å². The highest BCUT2D eigenvalue weighted by Crippen LogP contribution is 2.29. The number of nitrogens with one attached hydrogen (secondary N) is 2. The number of amides is 2. The van der Waals surface area contributed by atoms with Gasteiger partial charge in [-0.3, -0.25) is 9.59 Å². The third kappa shape index (κ3) is 5.92. The van der Waals surface area contributed by atoms with Crippen molar-refractivity contribution in [2.24, 2.45) is 0 Å². The molecule has 2 amide bonds.